The Morgan fingerprint density at radius 3 is 2.75 bits per heavy atom. The van der Waals surface area contributed by atoms with Crippen LogP contribution in [0.5, 0.6) is 0 Å². The van der Waals surface area contributed by atoms with Gasteiger partial charge in [0.05, 0.1) is 16.4 Å². The summed E-state index contributed by atoms with van der Waals surface area (Å²) >= 11 is 3.57. The minimum atomic E-state index is 0.521. The van der Waals surface area contributed by atoms with Crippen LogP contribution in [0, 0.1) is 5.92 Å². The van der Waals surface area contributed by atoms with Gasteiger partial charge in [-0.3, -0.25) is 4.68 Å². The van der Waals surface area contributed by atoms with E-state index in [2.05, 4.69) is 40.2 Å². The first-order valence-electron chi connectivity index (χ1n) is 6.00. The second-order valence-corrected chi connectivity index (χ2v) is 5.80. The van der Waals surface area contributed by atoms with Crippen LogP contribution in [0.2, 0.25) is 0 Å². The maximum atomic E-state index is 4.28. The molecule has 0 aliphatic heterocycles. The Balaban J connectivity index is 1.96. The van der Waals surface area contributed by atoms with Crippen molar-refractivity contribution >= 4 is 15.9 Å². The molecule has 16 heavy (non-hydrogen) atoms. The highest BCUT2D eigenvalue weighted by Gasteiger charge is 2.24. The summed E-state index contributed by atoms with van der Waals surface area (Å²) in [5, 5.41) is 7.87. The highest BCUT2D eigenvalue weighted by Crippen LogP contribution is 2.30. The van der Waals surface area contributed by atoms with Crippen LogP contribution in [0.1, 0.15) is 38.3 Å². The third-order valence-corrected chi connectivity index (χ3v) is 4.14. The monoisotopic (exact) mass is 285 g/mol. The molecule has 0 radical (unpaired) electrons. The zero-order valence-electron chi connectivity index (χ0n) is 10.2. The first-order valence-corrected chi connectivity index (χ1v) is 6.79. The van der Waals surface area contributed by atoms with Crippen molar-refractivity contribution in [2.75, 3.05) is 6.54 Å². The molecule has 1 aromatic rings. The van der Waals surface area contributed by atoms with Gasteiger partial charge in [0, 0.05) is 19.0 Å². The second-order valence-electron chi connectivity index (χ2n) is 4.95. The summed E-state index contributed by atoms with van der Waals surface area (Å²) in [5.41, 5.74) is 1.30. The lowest BCUT2D eigenvalue weighted by atomic mass is 9.92. The van der Waals surface area contributed by atoms with Gasteiger partial charge < -0.3 is 5.32 Å². The second kappa shape index (κ2) is 4.88. The molecule has 0 bridgehead atoms. The van der Waals surface area contributed by atoms with Crippen LogP contribution >= 0.6 is 15.9 Å². The molecule has 1 heterocycles. The summed E-state index contributed by atoms with van der Waals surface area (Å²) in [4.78, 5) is 0. The van der Waals surface area contributed by atoms with Gasteiger partial charge in [0.25, 0.3) is 0 Å². The SMILES string of the molecule is CC(CNC1CC1)C(C)c1c(Br)cnn1C. The number of rotatable bonds is 5. The van der Waals surface area contributed by atoms with Crippen molar-refractivity contribution in [1.29, 1.82) is 0 Å². The highest BCUT2D eigenvalue weighted by atomic mass is 79.9. The number of nitrogens with one attached hydrogen (secondary N) is 1. The van der Waals surface area contributed by atoms with E-state index in [1.807, 2.05) is 17.9 Å². The third kappa shape index (κ3) is 2.66. The number of hydrogen-bond donors (Lipinski definition) is 1. The van der Waals surface area contributed by atoms with Crippen molar-refractivity contribution in [2.45, 2.75) is 38.6 Å². The minimum Gasteiger partial charge on any atom is -0.314 e. The molecule has 2 rings (SSSR count). The van der Waals surface area contributed by atoms with Crippen LogP contribution in [0.4, 0.5) is 0 Å². The number of aryl methyl sites for hydroxylation is 1. The van der Waals surface area contributed by atoms with Gasteiger partial charge in [-0.1, -0.05) is 13.8 Å². The molecule has 1 aromatic heterocycles. The Bertz CT molecular complexity index is 338. The summed E-state index contributed by atoms with van der Waals surface area (Å²) in [6.07, 6.45) is 4.60. The number of hydrogen-bond acceptors (Lipinski definition) is 2. The van der Waals surface area contributed by atoms with Crippen LogP contribution in [0.25, 0.3) is 0 Å². The predicted molar refractivity (Wildman–Crippen MR) is 69.5 cm³/mol. The average molecular weight is 286 g/mol. The topological polar surface area (TPSA) is 29.9 Å². The van der Waals surface area contributed by atoms with Gasteiger partial charge in [-0.05, 0) is 41.2 Å². The predicted octanol–water partition coefficient (Wildman–Crippen LogP) is 2.67. The van der Waals surface area contributed by atoms with Crippen molar-refractivity contribution in [3.05, 3.63) is 16.4 Å². The summed E-state index contributed by atoms with van der Waals surface area (Å²) < 4.78 is 3.10. The summed E-state index contributed by atoms with van der Waals surface area (Å²) in [7, 11) is 2.01. The molecule has 1 fully saturated rings. The molecular formula is C12H20BrN3. The molecule has 1 N–H and O–H groups in total. The third-order valence-electron chi connectivity index (χ3n) is 3.53. The van der Waals surface area contributed by atoms with Crippen molar-refractivity contribution in [1.82, 2.24) is 15.1 Å². The van der Waals surface area contributed by atoms with Gasteiger partial charge in [0.1, 0.15) is 0 Å². The molecule has 4 heteroatoms. The molecule has 2 unspecified atom stereocenters. The molecule has 1 saturated carbocycles. The molecule has 90 valence electrons. The molecule has 0 saturated heterocycles. The van der Waals surface area contributed by atoms with Crippen molar-refractivity contribution in [3.8, 4) is 0 Å². The van der Waals surface area contributed by atoms with E-state index in [0.29, 0.717) is 11.8 Å². The fraction of sp³-hybridized carbons (Fsp3) is 0.750. The molecule has 0 spiro atoms. The van der Waals surface area contributed by atoms with E-state index in [1.165, 1.54) is 18.5 Å². The van der Waals surface area contributed by atoms with Crippen molar-refractivity contribution in [3.63, 3.8) is 0 Å². The largest absolute Gasteiger partial charge is 0.314 e. The quantitative estimate of drug-likeness (QED) is 0.902. The molecular weight excluding hydrogens is 266 g/mol. The first kappa shape index (κ1) is 12.1. The fourth-order valence-corrected chi connectivity index (χ4v) is 2.73. The lowest BCUT2D eigenvalue weighted by Crippen LogP contribution is -2.26. The van der Waals surface area contributed by atoms with Gasteiger partial charge in [-0.2, -0.15) is 5.10 Å². The van der Waals surface area contributed by atoms with Gasteiger partial charge in [0.15, 0.2) is 0 Å². The lowest BCUT2D eigenvalue weighted by Gasteiger charge is -2.21. The smallest absolute Gasteiger partial charge is 0.0635 e. The van der Waals surface area contributed by atoms with Crippen LogP contribution in [0.3, 0.4) is 0 Å². The maximum Gasteiger partial charge on any atom is 0.0635 e. The molecule has 0 aromatic carbocycles. The Labute approximate surface area is 106 Å². The van der Waals surface area contributed by atoms with Crippen molar-refractivity contribution < 1.29 is 0 Å². The fourth-order valence-electron chi connectivity index (χ4n) is 2.02. The maximum absolute atomic E-state index is 4.28. The van der Waals surface area contributed by atoms with Gasteiger partial charge in [-0.15, -0.1) is 0 Å². The Kier molecular flexibility index (Phi) is 3.70. The number of nitrogens with zero attached hydrogens (tertiary/aromatic N) is 2. The Morgan fingerprint density at radius 2 is 2.25 bits per heavy atom. The van der Waals surface area contributed by atoms with E-state index >= 15 is 0 Å². The van der Waals surface area contributed by atoms with E-state index in [9.17, 15) is 0 Å². The van der Waals surface area contributed by atoms with Gasteiger partial charge >= 0.3 is 0 Å². The van der Waals surface area contributed by atoms with Crippen molar-refractivity contribution in [2.24, 2.45) is 13.0 Å². The Morgan fingerprint density at radius 1 is 1.56 bits per heavy atom. The zero-order valence-corrected chi connectivity index (χ0v) is 11.8. The number of aromatic nitrogens is 2. The number of halogens is 1. The van der Waals surface area contributed by atoms with E-state index < -0.39 is 0 Å². The molecule has 1 aliphatic carbocycles. The summed E-state index contributed by atoms with van der Waals surface area (Å²) in [6, 6.07) is 0.796. The van der Waals surface area contributed by atoms with E-state index in [4.69, 9.17) is 0 Å². The molecule has 2 atom stereocenters. The molecule has 0 amide bonds. The lowest BCUT2D eigenvalue weighted by molar-refractivity contribution is 0.427. The average Bonchev–Trinajstić information content (AvgIpc) is 3.01. The molecule has 1 aliphatic rings. The standard InChI is InChI=1S/C12H20BrN3/c1-8(6-14-10-4-5-10)9(2)12-11(13)7-15-16(12)3/h7-10,14H,4-6H2,1-3H3. The van der Waals surface area contributed by atoms with Crippen LogP contribution in [-0.2, 0) is 7.05 Å². The first-order chi connectivity index (χ1) is 7.59. The highest BCUT2D eigenvalue weighted by molar-refractivity contribution is 9.10. The summed E-state index contributed by atoms with van der Waals surface area (Å²) in [6.45, 7) is 5.68. The van der Waals surface area contributed by atoms with Gasteiger partial charge in [-0.25, -0.2) is 0 Å². The minimum absolute atomic E-state index is 0.521. The summed E-state index contributed by atoms with van der Waals surface area (Å²) in [5.74, 6) is 1.15. The van der Waals surface area contributed by atoms with Crippen LogP contribution in [0.15, 0.2) is 10.7 Å². The van der Waals surface area contributed by atoms with Crippen LogP contribution < -0.4 is 5.32 Å². The van der Waals surface area contributed by atoms with E-state index in [-0.39, 0.29) is 0 Å². The van der Waals surface area contributed by atoms with Gasteiger partial charge in [0.2, 0.25) is 0 Å². The molecule has 3 nitrogen and oxygen atoms in total. The Hall–Kier alpha value is -0.350. The normalized spacial score (nSPS) is 19.8. The zero-order chi connectivity index (χ0) is 11.7. The van der Waals surface area contributed by atoms with Crippen LogP contribution in [-0.4, -0.2) is 22.4 Å². The van der Waals surface area contributed by atoms with E-state index in [1.54, 1.807) is 0 Å². The van der Waals surface area contributed by atoms with E-state index in [0.717, 1.165) is 17.1 Å².